The molecule has 0 radical (unpaired) electrons. The van der Waals surface area contributed by atoms with E-state index in [0.717, 1.165) is 19.6 Å². The predicted octanol–water partition coefficient (Wildman–Crippen LogP) is 2.27. The van der Waals surface area contributed by atoms with Gasteiger partial charge in [-0.25, -0.2) is 0 Å². The van der Waals surface area contributed by atoms with E-state index in [1.807, 2.05) is 17.9 Å². The summed E-state index contributed by atoms with van der Waals surface area (Å²) >= 11 is 0. The second-order valence-electron chi connectivity index (χ2n) is 6.27. The Hall–Kier alpha value is -1.65. The summed E-state index contributed by atoms with van der Waals surface area (Å²) in [7, 11) is 1.96. The third-order valence-corrected chi connectivity index (χ3v) is 4.00. The van der Waals surface area contributed by atoms with Crippen molar-refractivity contribution in [3.8, 4) is 11.1 Å². The van der Waals surface area contributed by atoms with Gasteiger partial charge in [-0.1, -0.05) is 18.2 Å². The van der Waals surface area contributed by atoms with Gasteiger partial charge in [-0.2, -0.15) is 5.10 Å². The maximum absolute atomic E-state index is 4.26. The topological polar surface area (TPSA) is 33.1 Å². The number of hydrogen-bond donors (Lipinski definition) is 1. The molecule has 2 atom stereocenters. The number of nitrogens with one attached hydrogen (secondary N) is 1. The van der Waals surface area contributed by atoms with Crippen LogP contribution in [0, 0.1) is 0 Å². The summed E-state index contributed by atoms with van der Waals surface area (Å²) in [5.74, 6) is 0. The number of nitrogens with zero attached hydrogens (tertiary/aromatic N) is 3. The number of piperazine rings is 1. The Kier molecular flexibility index (Phi) is 4.08. The molecular weight excluding hydrogens is 260 g/mol. The molecule has 1 aliphatic heterocycles. The molecule has 2 heterocycles. The Morgan fingerprint density at radius 3 is 2.62 bits per heavy atom. The lowest BCUT2D eigenvalue weighted by atomic mass is 10.0. The van der Waals surface area contributed by atoms with Crippen LogP contribution < -0.4 is 5.32 Å². The zero-order valence-corrected chi connectivity index (χ0v) is 13.1. The van der Waals surface area contributed by atoms with Crippen molar-refractivity contribution in [1.82, 2.24) is 20.0 Å². The van der Waals surface area contributed by atoms with E-state index in [4.69, 9.17) is 0 Å². The average molecular weight is 284 g/mol. The predicted molar refractivity (Wildman–Crippen MR) is 86.0 cm³/mol. The average Bonchev–Trinajstić information content (AvgIpc) is 2.84. The monoisotopic (exact) mass is 284 g/mol. The van der Waals surface area contributed by atoms with E-state index in [1.54, 1.807) is 0 Å². The number of aromatic nitrogens is 2. The lowest BCUT2D eigenvalue weighted by Crippen LogP contribution is -2.53. The Balaban J connectivity index is 1.74. The van der Waals surface area contributed by atoms with Crippen molar-refractivity contribution in [1.29, 1.82) is 0 Å². The van der Waals surface area contributed by atoms with E-state index in [-0.39, 0.29) is 0 Å². The van der Waals surface area contributed by atoms with Crippen LogP contribution >= 0.6 is 0 Å². The molecular formula is C17H24N4. The molecule has 1 aromatic heterocycles. The minimum Gasteiger partial charge on any atom is -0.309 e. The highest BCUT2D eigenvalue weighted by atomic mass is 15.2. The fourth-order valence-electron chi connectivity index (χ4n) is 3.25. The minimum atomic E-state index is 0.565. The van der Waals surface area contributed by atoms with Crippen LogP contribution in [-0.2, 0) is 13.6 Å². The van der Waals surface area contributed by atoms with Crippen LogP contribution in [0.3, 0.4) is 0 Å². The van der Waals surface area contributed by atoms with Crippen molar-refractivity contribution in [2.75, 3.05) is 13.1 Å². The first-order valence-electron chi connectivity index (χ1n) is 7.66. The maximum Gasteiger partial charge on any atom is 0.0568 e. The second kappa shape index (κ2) is 6.00. The molecule has 0 saturated carbocycles. The fraction of sp³-hybridized carbons (Fsp3) is 0.471. The molecule has 0 amide bonds. The molecule has 1 saturated heterocycles. The normalized spacial score (nSPS) is 23.4. The van der Waals surface area contributed by atoms with E-state index < -0.39 is 0 Å². The van der Waals surface area contributed by atoms with Crippen molar-refractivity contribution in [2.45, 2.75) is 32.5 Å². The van der Waals surface area contributed by atoms with E-state index in [2.05, 4.69) is 59.6 Å². The van der Waals surface area contributed by atoms with Gasteiger partial charge in [0, 0.05) is 50.5 Å². The van der Waals surface area contributed by atoms with Crippen LogP contribution in [0.1, 0.15) is 19.4 Å². The Morgan fingerprint density at radius 2 is 1.95 bits per heavy atom. The number of aryl methyl sites for hydroxylation is 1. The lowest BCUT2D eigenvalue weighted by molar-refractivity contribution is 0.166. The number of hydrogen-bond acceptors (Lipinski definition) is 3. The van der Waals surface area contributed by atoms with Crippen molar-refractivity contribution >= 4 is 0 Å². The zero-order chi connectivity index (χ0) is 14.8. The Labute approximate surface area is 126 Å². The summed E-state index contributed by atoms with van der Waals surface area (Å²) in [6.45, 7) is 7.76. The Morgan fingerprint density at radius 1 is 1.19 bits per heavy atom. The lowest BCUT2D eigenvalue weighted by Gasteiger charge is -2.36. The van der Waals surface area contributed by atoms with E-state index >= 15 is 0 Å². The van der Waals surface area contributed by atoms with Crippen LogP contribution in [0.5, 0.6) is 0 Å². The Bertz CT molecular complexity index is 594. The molecule has 1 fully saturated rings. The summed E-state index contributed by atoms with van der Waals surface area (Å²) in [5.41, 5.74) is 3.80. The highest BCUT2D eigenvalue weighted by Gasteiger charge is 2.20. The van der Waals surface area contributed by atoms with Crippen molar-refractivity contribution in [2.24, 2.45) is 7.05 Å². The zero-order valence-electron chi connectivity index (χ0n) is 13.1. The summed E-state index contributed by atoms with van der Waals surface area (Å²) < 4.78 is 1.85. The third-order valence-electron chi connectivity index (χ3n) is 4.00. The minimum absolute atomic E-state index is 0.565. The van der Waals surface area contributed by atoms with Crippen LogP contribution in [0.15, 0.2) is 36.7 Å². The SMILES string of the molecule is C[C@@H]1CN(Cc2cccc(-c3cnn(C)c3)c2)C[C@H](C)N1. The van der Waals surface area contributed by atoms with Gasteiger partial charge in [0.05, 0.1) is 6.20 Å². The standard InChI is InChI=1S/C17H24N4/c1-13-9-21(10-14(2)19-13)11-15-5-4-6-16(7-15)17-8-18-20(3)12-17/h4-8,12-14,19H,9-11H2,1-3H3/t13-,14+. The molecule has 3 rings (SSSR count). The highest BCUT2D eigenvalue weighted by molar-refractivity contribution is 5.62. The maximum atomic E-state index is 4.26. The van der Waals surface area contributed by atoms with Crippen molar-refractivity contribution in [3.63, 3.8) is 0 Å². The van der Waals surface area contributed by atoms with Gasteiger partial charge in [0.1, 0.15) is 0 Å². The largest absolute Gasteiger partial charge is 0.309 e. The van der Waals surface area contributed by atoms with E-state index in [9.17, 15) is 0 Å². The summed E-state index contributed by atoms with van der Waals surface area (Å²) in [5, 5.41) is 7.84. The third kappa shape index (κ3) is 3.52. The van der Waals surface area contributed by atoms with E-state index in [1.165, 1.54) is 16.7 Å². The van der Waals surface area contributed by atoms with E-state index in [0.29, 0.717) is 12.1 Å². The van der Waals surface area contributed by atoms with Crippen LogP contribution in [0.25, 0.3) is 11.1 Å². The first kappa shape index (κ1) is 14.3. The van der Waals surface area contributed by atoms with Gasteiger partial charge in [-0.05, 0) is 31.0 Å². The molecule has 1 aromatic carbocycles. The summed E-state index contributed by atoms with van der Waals surface area (Å²) in [6.07, 6.45) is 3.99. The van der Waals surface area contributed by atoms with Crippen molar-refractivity contribution in [3.05, 3.63) is 42.2 Å². The van der Waals surface area contributed by atoms with Gasteiger partial charge in [0.2, 0.25) is 0 Å². The van der Waals surface area contributed by atoms with Gasteiger partial charge in [0.25, 0.3) is 0 Å². The van der Waals surface area contributed by atoms with Crippen LogP contribution in [-0.4, -0.2) is 39.9 Å². The van der Waals surface area contributed by atoms with Crippen molar-refractivity contribution < 1.29 is 0 Å². The van der Waals surface area contributed by atoms with Gasteiger partial charge < -0.3 is 5.32 Å². The molecule has 1 aliphatic rings. The molecule has 2 aromatic rings. The van der Waals surface area contributed by atoms with Gasteiger partial charge in [0.15, 0.2) is 0 Å². The van der Waals surface area contributed by atoms with Gasteiger partial charge in [-0.3, -0.25) is 9.58 Å². The molecule has 4 nitrogen and oxygen atoms in total. The molecule has 0 bridgehead atoms. The summed E-state index contributed by atoms with van der Waals surface area (Å²) in [6, 6.07) is 9.94. The second-order valence-corrected chi connectivity index (χ2v) is 6.27. The fourth-order valence-corrected chi connectivity index (χ4v) is 3.25. The first-order valence-corrected chi connectivity index (χ1v) is 7.66. The number of rotatable bonds is 3. The molecule has 21 heavy (non-hydrogen) atoms. The molecule has 0 unspecified atom stereocenters. The van der Waals surface area contributed by atoms with Gasteiger partial charge >= 0.3 is 0 Å². The smallest absolute Gasteiger partial charge is 0.0568 e. The highest BCUT2D eigenvalue weighted by Crippen LogP contribution is 2.20. The molecule has 0 spiro atoms. The molecule has 0 aliphatic carbocycles. The summed E-state index contributed by atoms with van der Waals surface area (Å²) in [4.78, 5) is 2.54. The van der Waals surface area contributed by atoms with Crippen LogP contribution in [0.2, 0.25) is 0 Å². The molecule has 4 heteroatoms. The van der Waals surface area contributed by atoms with Gasteiger partial charge in [-0.15, -0.1) is 0 Å². The number of benzene rings is 1. The molecule has 1 N–H and O–H groups in total. The quantitative estimate of drug-likeness (QED) is 0.938. The molecule has 112 valence electrons. The van der Waals surface area contributed by atoms with Crippen LogP contribution in [0.4, 0.5) is 0 Å². The first-order chi connectivity index (χ1) is 10.1.